The number of H-pyrrole nitrogens is 1. The highest BCUT2D eigenvalue weighted by Gasteiger charge is 2.37. The van der Waals surface area contributed by atoms with Crippen LogP contribution >= 0.6 is 11.6 Å². The van der Waals surface area contributed by atoms with Gasteiger partial charge in [-0.25, -0.2) is 29.2 Å². The van der Waals surface area contributed by atoms with Crippen LogP contribution in [-0.2, 0) is 43.6 Å². The minimum atomic E-state index is -4.72. The monoisotopic (exact) mass is 645 g/mol. The zero-order chi connectivity index (χ0) is 31.3. The van der Waals surface area contributed by atoms with Crippen LogP contribution in [0.25, 0.3) is 22.6 Å². The molecule has 7 rings (SSSR count). The first kappa shape index (κ1) is 29.4. The maximum absolute atomic E-state index is 14.3. The summed E-state index contributed by atoms with van der Waals surface area (Å²) in [5.41, 5.74) is 1.63. The van der Waals surface area contributed by atoms with Gasteiger partial charge < -0.3 is 18.5 Å². The minimum Gasteiger partial charge on any atom is -0.472 e. The number of aromatic nitrogens is 6. The number of halogens is 5. The van der Waals surface area contributed by atoms with Crippen molar-refractivity contribution in [2.75, 3.05) is 13.2 Å². The molecule has 234 valence electrons. The Kier molecular flexibility index (Phi) is 7.54. The highest BCUT2D eigenvalue weighted by Crippen LogP contribution is 2.38. The third kappa shape index (κ3) is 6.02. The summed E-state index contributed by atoms with van der Waals surface area (Å²) in [4.78, 5) is 27.0. The SMILES string of the molecule is O=c1[nH]nc(-c2cc3nc(CN4CCc5cc(C(F)(F)F)c(OCc6ccc(Cl)cc6F)nc5C4)n(C[C@@H]4CCO4)c3cn2)o1. The first-order valence-corrected chi connectivity index (χ1v) is 14.4. The normalized spacial score (nSPS) is 17.0. The number of rotatable bonds is 8. The van der Waals surface area contributed by atoms with Gasteiger partial charge >= 0.3 is 11.9 Å². The minimum absolute atomic E-state index is 0.0138. The zero-order valence-corrected chi connectivity index (χ0v) is 24.2. The molecule has 0 aliphatic carbocycles. The summed E-state index contributed by atoms with van der Waals surface area (Å²) in [6.45, 7) is 1.84. The molecule has 0 bridgehead atoms. The summed E-state index contributed by atoms with van der Waals surface area (Å²) in [7, 11) is 0. The maximum Gasteiger partial charge on any atom is 0.434 e. The number of benzene rings is 1. The lowest BCUT2D eigenvalue weighted by Gasteiger charge is -2.30. The topological polar surface area (TPSA) is 124 Å². The van der Waals surface area contributed by atoms with Gasteiger partial charge in [0.25, 0.3) is 5.89 Å². The van der Waals surface area contributed by atoms with Gasteiger partial charge in [-0.05, 0) is 42.7 Å². The number of hydrogen-bond donors (Lipinski definition) is 1. The van der Waals surface area contributed by atoms with Gasteiger partial charge in [-0.1, -0.05) is 17.7 Å². The van der Waals surface area contributed by atoms with Crippen LogP contribution in [0.15, 0.2) is 45.7 Å². The van der Waals surface area contributed by atoms with Gasteiger partial charge in [0.15, 0.2) is 0 Å². The molecule has 45 heavy (non-hydrogen) atoms. The van der Waals surface area contributed by atoms with Gasteiger partial charge in [0.1, 0.15) is 29.5 Å². The van der Waals surface area contributed by atoms with Gasteiger partial charge in [-0.15, -0.1) is 5.10 Å². The number of alkyl halides is 3. The molecule has 0 unspecified atom stereocenters. The van der Waals surface area contributed by atoms with E-state index in [4.69, 9.17) is 30.5 Å². The van der Waals surface area contributed by atoms with Crippen molar-refractivity contribution in [3.63, 3.8) is 0 Å². The molecule has 0 saturated carbocycles. The van der Waals surface area contributed by atoms with Crippen LogP contribution in [0.2, 0.25) is 5.02 Å². The Morgan fingerprint density at radius 1 is 1.18 bits per heavy atom. The molecule has 6 heterocycles. The van der Waals surface area contributed by atoms with E-state index in [0.29, 0.717) is 61.0 Å². The number of nitrogens with zero attached hydrogens (tertiary/aromatic N) is 6. The predicted molar refractivity (Wildman–Crippen MR) is 151 cm³/mol. The van der Waals surface area contributed by atoms with Gasteiger partial charge in [-0.3, -0.25) is 4.90 Å². The molecule has 1 saturated heterocycles. The van der Waals surface area contributed by atoms with Crippen LogP contribution in [0.5, 0.6) is 5.88 Å². The molecular formula is C29H24ClF4N7O4. The summed E-state index contributed by atoms with van der Waals surface area (Å²) in [5, 5.41) is 6.21. The van der Waals surface area contributed by atoms with Gasteiger partial charge in [0, 0.05) is 30.3 Å². The molecule has 1 atom stereocenters. The van der Waals surface area contributed by atoms with Crippen molar-refractivity contribution in [1.29, 1.82) is 0 Å². The first-order chi connectivity index (χ1) is 21.6. The number of nitrogens with one attached hydrogen (secondary N) is 1. The first-order valence-electron chi connectivity index (χ1n) is 14.0. The average molecular weight is 646 g/mol. The van der Waals surface area contributed by atoms with Crippen molar-refractivity contribution < 1.29 is 31.5 Å². The molecule has 0 amide bonds. The molecule has 16 heteroatoms. The van der Waals surface area contributed by atoms with E-state index >= 15 is 0 Å². The van der Waals surface area contributed by atoms with E-state index in [2.05, 4.69) is 20.2 Å². The Morgan fingerprint density at radius 3 is 2.73 bits per heavy atom. The molecule has 2 aliphatic rings. The summed E-state index contributed by atoms with van der Waals surface area (Å²) >= 11 is 5.79. The Hall–Kier alpha value is -4.34. The van der Waals surface area contributed by atoms with Crippen LogP contribution in [0.4, 0.5) is 17.6 Å². The van der Waals surface area contributed by atoms with Crippen molar-refractivity contribution >= 4 is 22.6 Å². The number of fused-ring (bicyclic) bond motifs is 2. The number of hydrogen-bond acceptors (Lipinski definition) is 9. The second-order valence-corrected chi connectivity index (χ2v) is 11.3. The van der Waals surface area contributed by atoms with E-state index in [1.165, 1.54) is 12.1 Å². The Labute approximate surface area is 256 Å². The van der Waals surface area contributed by atoms with Crippen molar-refractivity contribution in [2.45, 2.75) is 51.4 Å². The molecule has 0 radical (unpaired) electrons. The van der Waals surface area contributed by atoms with Crippen LogP contribution in [-0.4, -0.2) is 53.9 Å². The fourth-order valence-corrected chi connectivity index (χ4v) is 5.57. The summed E-state index contributed by atoms with van der Waals surface area (Å²) in [6.07, 6.45) is -1.85. The molecule has 5 aromatic rings. The van der Waals surface area contributed by atoms with Crippen LogP contribution < -0.4 is 10.5 Å². The highest BCUT2D eigenvalue weighted by atomic mass is 35.5. The molecule has 1 fully saturated rings. The van der Waals surface area contributed by atoms with E-state index < -0.39 is 35.8 Å². The molecule has 1 N–H and O–H groups in total. The lowest BCUT2D eigenvalue weighted by atomic mass is 10.0. The zero-order valence-electron chi connectivity index (χ0n) is 23.4. The average Bonchev–Trinajstić information content (AvgIpc) is 3.55. The Morgan fingerprint density at radius 2 is 2.02 bits per heavy atom. The van der Waals surface area contributed by atoms with Crippen molar-refractivity contribution in [1.82, 2.24) is 34.6 Å². The third-order valence-electron chi connectivity index (χ3n) is 7.83. The smallest absolute Gasteiger partial charge is 0.434 e. The summed E-state index contributed by atoms with van der Waals surface area (Å²) in [6, 6.07) is 6.60. The van der Waals surface area contributed by atoms with Crippen LogP contribution in [0, 0.1) is 5.82 Å². The largest absolute Gasteiger partial charge is 0.472 e. The number of aromatic amines is 1. The fourth-order valence-electron chi connectivity index (χ4n) is 5.42. The van der Waals surface area contributed by atoms with E-state index in [9.17, 15) is 22.4 Å². The van der Waals surface area contributed by atoms with Gasteiger partial charge in [0.2, 0.25) is 5.88 Å². The second-order valence-electron chi connectivity index (χ2n) is 10.8. The number of pyridine rings is 2. The lowest BCUT2D eigenvalue weighted by molar-refractivity contribution is -0.139. The van der Waals surface area contributed by atoms with E-state index in [-0.39, 0.29) is 29.1 Å². The Bertz CT molecular complexity index is 1950. The molecule has 1 aromatic carbocycles. The third-order valence-corrected chi connectivity index (χ3v) is 8.06. The van der Waals surface area contributed by atoms with Gasteiger partial charge in [0.05, 0.1) is 42.1 Å². The standard InChI is InChI=1S/C29H24ClF4N7O4/c30-17-2-1-16(20(31)8-17)14-44-26-19(29(32,33)34)7-15-3-5-40(12-23(15)37-26)13-25-36-21-9-22(27-38-39-28(42)45-27)35-10-24(21)41(25)11-18-4-6-43-18/h1-2,7-10,18H,3-6,11-14H2,(H,39,42)/t18-/m0/s1. The predicted octanol–water partition coefficient (Wildman–Crippen LogP) is 4.91. The highest BCUT2D eigenvalue weighted by molar-refractivity contribution is 6.30. The molecule has 11 nitrogen and oxygen atoms in total. The number of imidazole rings is 1. The van der Waals surface area contributed by atoms with E-state index in [1.807, 2.05) is 9.47 Å². The summed E-state index contributed by atoms with van der Waals surface area (Å²) in [5.74, 6) is -1.27. The van der Waals surface area contributed by atoms with E-state index in [0.717, 1.165) is 24.1 Å². The summed E-state index contributed by atoms with van der Waals surface area (Å²) < 4.78 is 74.4. The van der Waals surface area contributed by atoms with Crippen LogP contribution in [0.1, 0.15) is 34.6 Å². The van der Waals surface area contributed by atoms with E-state index in [1.54, 1.807) is 12.3 Å². The van der Waals surface area contributed by atoms with Crippen molar-refractivity contribution in [3.8, 4) is 17.5 Å². The van der Waals surface area contributed by atoms with Crippen molar-refractivity contribution in [3.05, 3.63) is 86.1 Å². The molecule has 2 aliphatic heterocycles. The molecule has 4 aromatic heterocycles. The lowest BCUT2D eigenvalue weighted by Crippen LogP contribution is -2.34. The fraction of sp³-hybridized carbons (Fsp3) is 0.345. The van der Waals surface area contributed by atoms with Gasteiger partial charge in [-0.2, -0.15) is 13.2 Å². The second kappa shape index (κ2) is 11.5. The molecular weight excluding hydrogens is 622 g/mol. The van der Waals surface area contributed by atoms with Crippen molar-refractivity contribution in [2.24, 2.45) is 0 Å². The Balaban J connectivity index is 1.16. The quantitative estimate of drug-likeness (QED) is 0.235. The van der Waals surface area contributed by atoms with Crippen LogP contribution in [0.3, 0.4) is 0 Å². The number of ether oxygens (including phenoxy) is 2. The maximum atomic E-state index is 14.3. The molecule has 0 spiro atoms.